The normalized spacial score (nSPS) is 10.4. The zero-order chi connectivity index (χ0) is 10.1. The van der Waals surface area contributed by atoms with Crippen molar-refractivity contribution < 1.29 is 9.84 Å². The van der Waals surface area contributed by atoms with Gasteiger partial charge in [0.15, 0.2) is 0 Å². The molecule has 2 nitrogen and oxygen atoms in total. The van der Waals surface area contributed by atoms with Crippen molar-refractivity contribution in [2.24, 2.45) is 0 Å². The molecule has 2 aromatic carbocycles. The zero-order valence-electron chi connectivity index (χ0n) is 7.62. The molecule has 0 saturated carbocycles. The highest BCUT2D eigenvalue weighted by atomic mass is 35.5. The third-order valence-electron chi connectivity index (χ3n) is 2.16. The van der Waals surface area contributed by atoms with E-state index in [2.05, 4.69) is 0 Å². The number of hydrogen-bond donors (Lipinski definition) is 1. The number of rotatable bonds is 1. The van der Waals surface area contributed by atoms with Crippen LogP contribution in [0.15, 0.2) is 30.3 Å². The number of hydrogen-bond acceptors (Lipinski definition) is 2. The smallest absolute Gasteiger partial charge is 0.138 e. The number of fused-ring (bicyclic) bond motifs is 1. The summed E-state index contributed by atoms with van der Waals surface area (Å²) in [6, 6.07) is 8.76. The van der Waals surface area contributed by atoms with Gasteiger partial charge in [-0.05, 0) is 18.2 Å². The third kappa shape index (κ3) is 1.28. The molecule has 0 aliphatic carbocycles. The average Bonchev–Trinajstić information content (AvgIpc) is 2.20. The fourth-order valence-corrected chi connectivity index (χ4v) is 1.75. The molecule has 1 N–H and O–H groups in total. The number of phenolic OH excluding ortho intramolecular Hbond substituents is 1. The summed E-state index contributed by atoms with van der Waals surface area (Å²) in [4.78, 5) is 0. The molecule has 0 bridgehead atoms. The average molecular weight is 209 g/mol. The summed E-state index contributed by atoms with van der Waals surface area (Å²) in [6.07, 6.45) is 0. The Balaban J connectivity index is 2.84. The topological polar surface area (TPSA) is 29.5 Å². The Hall–Kier alpha value is -1.41. The Kier molecular flexibility index (Phi) is 2.22. The highest BCUT2D eigenvalue weighted by molar-refractivity contribution is 6.37. The van der Waals surface area contributed by atoms with Gasteiger partial charge in [-0.15, -0.1) is 0 Å². The van der Waals surface area contributed by atoms with Crippen LogP contribution in [0.5, 0.6) is 11.5 Å². The zero-order valence-corrected chi connectivity index (χ0v) is 8.38. The van der Waals surface area contributed by atoms with Crippen LogP contribution in [0.1, 0.15) is 0 Å². The first-order valence-corrected chi connectivity index (χ1v) is 4.56. The summed E-state index contributed by atoms with van der Waals surface area (Å²) in [5.41, 5.74) is 0. The Morgan fingerprint density at radius 2 is 1.93 bits per heavy atom. The maximum atomic E-state index is 9.56. The van der Waals surface area contributed by atoms with E-state index in [1.165, 1.54) is 0 Å². The van der Waals surface area contributed by atoms with Crippen LogP contribution in [0, 0.1) is 0 Å². The second-order valence-corrected chi connectivity index (χ2v) is 3.33. The van der Waals surface area contributed by atoms with E-state index in [9.17, 15) is 5.11 Å². The van der Waals surface area contributed by atoms with E-state index in [-0.39, 0.29) is 5.75 Å². The van der Waals surface area contributed by atoms with E-state index in [0.717, 1.165) is 10.8 Å². The van der Waals surface area contributed by atoms with Gasteiger partial charge in [0, 0.05) is 10.8 Å². The second-order valence-electron chi connectivity index (χ2n) is 2.95. The minimum absolute atomic E-state index is 0.229. The minimum Gasteiger partial charge on any atom is -0.507 e. The summed E-state index contributed by atoms with van der Waals surface area (Å²) >= 11 is 6.08. The molecular weight excluding hydrogens is 200 g/mol. The van der Waals surface area contributed by atoms with Crippen molar-refractivity contribution in [2.45, 2.75) is 0 Å². The van der Waals surface area contributed by atoms with Crippen LogP contribution < -0.4 is 4.74 Å². The number of benzene rings is 2. The Morgan fingerprint density at radius 1 is 1.14 bits per heavy atom. The lowest BCUT2D eigenvalue weighted by Crippen LogP contribution is -1.85. The third-order valence-corrected chi connectivity index (χ3v) is 2.55. The van der Waals surface area contributed by atoms with Crippen LogP contribution in [-0.2, 0) is 0 Å². The molecule has 0 saturated heterocycles. The number of halogens is 1. The molecule has 0 aliphatic heterocycles. The van der Waals surface area contributed by atoms with E-state index in [0.29, 0.717) is 10.8 Å². The minimum atomic E-state index is 0.229. The van der Waals surface area contributed by atoms with Gasteiger partial charge in [-0.2, -0.15) is 0 Å². The molecule has 72 valence electrons. The molecule has 0 radical (unpaired) electrons. The fourth-order valence-electron chi connectivity index (χ4n) is 1.44. The van der Waals surface area contributed by atoms with E-state index in [1.807, 2.05) is 6.07 Å². The predicted molar refractivity (Wildman–Crippen MR) is 57.2 cm³/mol. The second kappa shape index (κ2) is 3.39. The van der Waals surface area contributed by atoms with E-state index < -0.39 is 0 Å². The summed E-state index contributed by atoms with van der Waals surface area (Å²) in [7, 11) is 1.57. The molecule has 14 heavy (non-hydrogen) atoms. The lowest BCUT2D eigenvalue weighted by molar-refractivity contribution is 0.415. The van der Waals surface area contributed by atoms with E-state index in [4.69, 9.17) is 16.3 Å². The summed E-state index contributed by atoms with van der Waals surface area (Å²) < 4.78 is 5.08. The van der Waals surface area contributed by atoms with Crippen LogP contribution in [0.3, 0.4) is 0 Å². The predicted octanol–water partition coefficient (Wildman–Crippen LogP) is 3.21. The summed E-state index contributed by atoms with van der Waals surface area (Å²) in [5, 5.41) is 11.6. The van der Waals surface area contributed by atoms with Crippen LogP contribution in [-0.4, -0.2) is 12.2 Å². The molecule has 0 aromatic heterocycles. The summed E-state index contributed by atoms with van der Waals surface area (Å²) in [6.45, 7) is 0. The molecule has 2 aromatic rings. The Morgan fingerprint density at radius 3 is 2.64 bits per heavy atom. The van der Waals surface area contributed by atoms with Crippen molar-refractivity contribution in [1.29, 1.82) is 0 Å². The maximum Gasteiger partial charge on any atom is 0.138 e. The highest BCUT2D eigenvalue weighted by Gasteiger charge is 2.07. The monoisotopic (exact) mass is 208 g/mol. The first-order valence-electron chi connectivity index (χ1n) is 4.18. The fraction of sp³-hybridized carbons (Fsp3) is 0.0909. The SMILES string of the molecule is COc1ccc2c(O)cccc2c1Cl. The van der Waals surface area contributed by atoms with Gasteiger partial charge in [0.05, 0.1) is 12.1 Å². The standard InChI is InChI=1S/C11H9ClO2/c1-14-10-6-5-7-8(11(10)12)3-2-4-9(7)13/h2-6,13H,1H3. The molecular formula is C11H9ClO2. The number of phenols is 1. The Bertz CT molecular complexity index is 480. The van der Waals surface area contributed by atoms with Crippen molar-refractivity contribution >= 4 is 22.4 Å². The quantitative estimate of drug-likeness (QED) is 0.780. The largest absolute Gasteiger partial charge is 0.507 e. The van der Waals surface area contributed by atoms with Gasteiger partial charge in [0.1, 0.15) is 11.5 Å². The van der Waals surface area contributed by atoms with Crippen LogP contribution in [0.4, 0.5) is 0 Å². The van der Waals surface area contributed by atoms with Gasteiger partial charge < -0.3 is 9.84 Å². The molecule has 0 atom stereocenters. The molecule has 3 heteroatoms. The number of aromatic hydroxyl groups is 1. The molecule has 0 spiro atoms. The summed E-state index contributed by atoms with van der Waals surface area (Å²) in [5.74, 6) is 0.844. The number of ether oxygens (including phenoxy) is 1. The molecule has 2 rings (SSSR count). The van der Waals surface area contributed by atoms with Gasteiger partial charge in [-0.3, -0.25) is 0 Å². The van der Waals surface area contributed by atoms with Crippen molar-refractivity contribution in [3.8, 4) is 11.5 Å². The van der Waals surface area contributed by atoms with Crippen LogP contribution in [0.2, 0.25) is 5.02 Å². The van der Waals surface area contributed by atoms with Gasteiger partial charge in [-0.25, -0.2) is 0 Å². The highest BCUT2D eigenvalue weighted by Crippen LogP contribution is 2.35. The molecule has 0 aliphatic rings. The Labute approximate surface area is 86.7 Å². The lowest BCUT2D eigenvalue weighted by Gasteiger charge is -2.07. The van der Waals surface area contributed by atoms with Gasteiger partial charge in [0.2, 0.25) is 0 Å². The maximum absolute atomic E-state index is 9.56. The van der Waals surface area contributed by atoms with Crippen molar-refractivity contribution in [1.82, 2.24) is 0 Å². The van der Waals surface area contributed by atoms with Gasteiger partial charge in [0.25, 0.3) is 0 Å². The van der Waals surface area contributed by atoms with Crippen molar-refractivity contribution in [3.63, 3.8) is 0 Å². The van der Waals surface area contributed by atoms with Crippen molar-refractivity contribution in [3.05, 3.63) is 35.4 Å². The van der Waals surface area contributed by atoms with Crippen molar-refractivity contribution in [2.75, 3.05) is 7.11 Å². The molecule has 0 unspecified atom stereocenters. The van der Waals surface area contributed by atoms with Gasteiger partial charge in [-0.1, -0.05) is 23.7 Å². The first-order chi connectivity index (χ1) is 6.74. The van der Waals surface area contributed by atoms with E-state index in [1.54, 1.807) is 31.4 Å². The number of methoxy groups -OCH3 is 1. The van der Waals surface area contributed by atoms with E-state index >= 15 is 0 Å². The molecule has 0 heterocycles. The van der Waals surface area contributed by atoms with Crippen LogP contribution in [0.25, 0.3) is 10.8 Å². The lowest BCUT2D eigenvalue weighted by atomic mass is 10.1. The first kappa shape index (κ1) is 9.16. The molecule has 0 fully saturated rings. The molecule has 0 amide bonds. The van der Waals surface area contributed by atoms with Crippen LogP contribution >= 0.6 is 11.6 Å². The van der Waals surface area contributed by atoms with Gasteiger partial charge >= 0.3 is 0 Å².